The largest absolute Gasteiger partial charge is 0.490 e. The maximum absolute atomic E-state index is 8.75. The summed E-state index contributed by atoms with van der Waals surface area (Å²) in [6, 6.07) is 5.64. The van der Waals surface area contributed by atoms with Gasteiger partial charge in [-0.05, 0) is 50.2 Å². The van der Waals surface area contributed by atoms with E-state index in [1.165, 1.54) is 19.3 Å². The van der Waals surface area contributed by atoms with Crippen molar-refractivity contribution < 1.29 is 9.94 Å². The van der Waals surface area contributed by atoms with Crippen LogP contribution in [-0.4, -0.2) is 17.1 Å². The number of hydrogen-bond acceptors (Lipinski definition) is 3. The van der Waals surface area contributed by atoms with E-state index in [0.717, 1.165) is 30.1 Å². The number of hydrogen-bond donors (Lipinski definition) is 2. The van der Waals surface area contributed by atoms with Crippen LogP contribution in [0.1, 0.15) is 50.2 Å². The van der Waals surface area contributed by atoms with Crippen molar-refractivity contribution in [3.05, 3.63) is 29.3 Å². The predicted octanol–water partition coefficient (Wildman–Crippen LogP) is 3.44. The van der Waals surface area contributed by atoms with Gasteiger partial charge in [-0.15, -0.1) is 0 Å². The zero-order valence-electron chi connectivity index (χ0n) is 12.3. The van der Waals surface area contributed by atoms with Crippen LogP contribution in [0.25, 0.3) is 0 Å². The summed E-state index contributed by atoms with van der Waals surface area (Å²) < 4.78 is 6.12. The molecule has 110 valence electrons. The average molecular weight is 276 g/mol. The van der Waals surface area contributed by atoms with Crippen molar-refractivity contribution in [1.29, 1.82) is 0 Å². The van der Waals surface area contributed by atoms with Gasteiger partial charge in [-0.1, -0.05) is 30.6 Å². The molecule has 0 aliphatic heterocycles. The Bertz CT molecular complexity index is 477. The monoisotopic (exact) mass is 276 g/mol. The highest BCUT2D eigenvalue weighted by atomic mass is 16.5. The van der Waals surface area contributed by atoms with Gasteiger partial charge in [-0.25, -0.2) is 0 Å². The van der Waals surface area contributed by atoms with E-state index in [1.807, 2.05) is 25.1 Å². The molecule has 1 saturated carbocycles. The van der Waals surface area contributed by atoms with Gasteiger partial charge in [0.2, 0.25) is 0 Å². The fraction of sp³-hybridized carbons (Fsp3) is 0.562. The second-order valence-corrected chi connectivity index (χ2v) is 5.63. The van der Waals surface area contributed by atoms with Crippen molar-refractivity contribution in [2.75, 3.05) is 0 Å². The van der Waals surface area contributed by atoms with Gasteiger partial charge in [-0.3, -0.25) is 0 Å². The average Bonchev–Trinajstić information content (AvgIpc) is 2.49. The topological polar surface area (TPSA) is 67.8 Å². The number of nitrogens with two attached hydrogens (primary N) is 1. The lowest BCUT2D eigenvalue weighted by Crippen LogP contribution is -2.24. The quantitative estimate of drug-likeness (QED) is 0.383. The molecule has 0 heterocycles. The molecule has 0 saturated heterocycles. The van der Waals surface area contributed by atoms with Crippen molar-refractivity contribution in [2.24, 2.45) is 16.8 Å². The fourth-order valence-electron chi connectivity index (χ4n) is 2.78. The Morgan fingerprint density at radius 1 is 1.35 bits per heavy atom. The van der Waals surface area contributed by atoms with Crippen LogP contribution in [0.5, 0.6) is 5.75 Å². The summed E-state index contributed by atoms with van der Waals surface area (Å²) in [5.74, 6) is 1.82. The van der Waals surface area contributed by atoms with Crippen molar-refractivity contribution in [3.8, 4) is 5.75 Å². The van der Waals surface area contributed by atoms with Gasteiger partial charge in [0.05, 0.1) is 6.10 Å². The molecule has 0 unspecified atom stereocenters. The summed E-state index contributed by atoms with van der Waals surface area (Å²) in [5.41, 5.74) is 7.40. The molecule has 3 N–H and O–H groups in total. The third kappa shape index (κ3) is 3.44. The molecule has 0 bridgehead atoms. The molecule has 0 atom stereocenters. The van der Waals surface area contributed by atoms with E-state index in [-0.39, 0.29) is 5.84 Å². The summed E-state index contributed by atoms with van der Waals surface area (Å²) in [5, 5.41) is 11.8. The van der Waals surface area contributed by atoms with Gasteiger partial charge in [0.15, 0.2) is 5.84 Å². The van der Waals surface area contributed by atoms with E-state index >= 15 is 0 Å². The minimum atomic E-state index is 0.115. The highest BCUT2D eigenvalue weighted by Crippen LogP contribution is 2.30. The van der Waals surface area contributed by atoms with E-state index in [9.17, 15) is 0 Å². The summed E-state index contributed by atoms with van der Waals surface area (Å²) in [6.45, 7) is 4.28. The molecule has 0 spiro atoms. The number of benzene rings is 1. The highest BCUT2D eigenvalue weighted by molar-refractivity contribution is 5.97. The van der Waals surface area contributed by atoms with Gasteiger partial charge in [0.1, 0.15) is 5.75 Å². The molecule has 1 aliphatic carbocycles. The van der Waals surface area contributed by atoms with Gasteiger partial charge >= 0.3 is 0 Å². The lowest BCUT2D eigenvalue weighted by molar-refractivity contribution is 0.129. The molecule has 0 radical (unpaired) electrons. The van der Waals surface area contributed by atoms with Crippen LogP contribution in [0, 0.1) is 12.8 Å². The third-order valence-electron chi connectivity index (χ3n) is 4.26. The molecule has 1 aliphatic rings. The summed E-state index contributed by atoms with van der Waals surface area (Å²) in [6.07, 6.45) is 6.29. The van der Waals surface area contributed by atoms with Crippen LogP contribution in [-0.2, 0) is 0 Å². The zero-order chi connectivity index (χ0) is 14.5. The first kappa shape index (κ1) is 14.7. The smallest absolute Gasteiger partial charge is 0.170 e. The molecule has 0 amide bonds. The highest BCUT2D eigenvalue weighted by Gasteiger charge is 2.21. The number of amidine groups is 1. The van der Waals surface area contributed by atoms with E-state index in [1.54, 1.807) is 0 Å². The van der Waals surface area contributed by atoms with Gasteiger partial charge in [0, 0.05) is 5.56 Å². The molecule has 4 nitrogen and oxygen atoms in total. The van der Waals surface area contributed by atoms with E-state index in [4.69, 9.17) is 15.7 Å². The first-order valence-electron chi connectivity index (χ1n) is 7.39. The van der Waals surface area contributed by atoms with Crippen molar-refractivity contribution in [2.45, 2.75) is 52.1 Å². The first-order valence-corrected chi connectivity index (χ1v) is 7.39. The molecule has 1 aromatic rings. The van der Waals surface area contributed by atoms with Crippen LogP contribution < -0.4 is 10.5 Å². The van der Waals surface area contributed by atoms with Crippen molar-refractivity contribution >= 4 is 5.84 Å². The Balaban J connectivity index is 2.05. The number of oxime groups is 1. The minimum absolute atomic E-state index is 0.115. The van der Waals surface area contributed by atoms with E-state index < -0.39 is 0 Å². The van der Waals surface area contributed by atoms with Crippen LogP contribution in [0.3, 0.4) is 0 Å². The summed E-state index contributed by atoms with van der Waals surface area (Å²) in [7, 11) is 0. The lowest BCUT2D eigenvalue weighted by Gasteiger charge is -2.29. The molecular formula is C16H24N2O2. The number of nitrogens with zero attached hydrogens (tertiary/aromatic N) is 1. The molecular weight excluding hydrogens is 252 g/mol. The van der Waals surface area contributed by atoms with Crippen molar-refractivity contribution in [1.82, 2.24) is 0 Å². The predicted molar refractivity (Wildman–Crippen MR) is 80.4 cm³/mol. The standard InChI is InChI=1S/C16H24N2O2/c1-3-12-5-8-14(9-6-12)20-15-10-13(16(17)18-19)7-4-11(15)2/h4,7,10,12,14,19H,3,5-6,8-9H2,1-2H3,(H2,17,18). The second kappa shape index (κ2) is 6.64. The van der Waals surface area contributed by atoms with E-state index in [2.05, 4.69) is 12.1 Å². The van der Waals surface area contributed by atoms with Gasteiger partial charge in [0.25, 0.3) is 0 Å². The zero-order valence-corrected chi connectivity index (χ0v) is 12.3. The fourth-order valence-corrected chi connectivity index (χ4v) is 2.78. The molecule has 0 aromatic heterocycles. The van der Waals surface area contributed by atoms with Crippen LogP contribution in [0.15, 0.2) is 23.4 Å². The lowest BCUT2D eigenvalue weighted by atomic mass is 9.86. The van der Waals surface area contributed by atoms with Gasteiger partial charge in [-0.2, -0.15) is 0 Å². The molecule has 1 aromatic carbocycles. The number of aryl methyl sites for hydroxylation is 1. The van der Waals surface area contributed by atoms with Crippen LogP contribution in [0.2, 0.25) is 0 Å². The normalized spacial score (nSPS) is 23.6. The van der Waals surface area contributed by atoms with Crippen LogP contribution >= 0.6 is 0 Å². The SMILES string of the molecule is CCC1CCC(Oc2cc(/C(N)=N/O)ccc2C)CC1. The molecule has 20 heavy (non-hydrogen) atoms. The summed E-state index contributed by atoms with van der Waals surface area (Å²) >= 11 is 0. The maximum atomic E-state index is 8.75. The number of rotatable bonds is 4. The van der Waals surface area contributed by atoms with Crippen LogP contribution in [0.4, 0.5) is 0 Å². The second-order valence-electron chi connectivity index (χ2n) is 5.63. The Kier molecular flexibility index (Phi) is 4.88. The maximum Gasteiger partial charge on any atom is 0.170 e. The first-order chi connectivity index (χ1) is 9.63. The van der Waals surface area contributed by atoms with Crippen molar-refractivity contribution in [3.63, 3.8) is 0 Å². The Morgan fingerprint density at radius 3 is 2.65 bits per heavy atom. The third-order valence-corrected chi connectivity index (χ3v) is 4.26. The Labute approximate surface area is 120 Å². The Hall–Kier alpha value is -1.71. The summed E-state index contributed by atoms with van der Waals surface area (Å²) in [4.78, 5) is 0. The number of ether oxygens (including phenoxy) is 1. The van der Waals surface area contributed by atoms with Gasteiger partial charge < -0.3 is 15.7 Å². The molecule has 1 fully saturated rings. The minimum Gasteiger partial charge on any atom is -0.490 e. The Morgan fingerprint density at radius 2 is 2.05 bits per heavy atom. The molecule has 4 heteroatoms. The van der Waals surface area contributed by atoms with E-state index in [0.29, 0.717) is 11.7 Å². The molecule has 2 rings (SSSR count).